The molecule has 0 saturated carbocycles. The summed E-state index contributed by atoms with van der Waals surface area (Å²) >= 11 is 0. The Morgan fingerprint density at radius 3 is 2.27 bits per heavy atom. The molecule has 0 amide bonds. The lowest BCUT2D eigenvalue weighted by atomic mass is 9.86. The molecule has 0 N–H and O–H groups in total. The van der Waals surface area contributed by atoms with Crippen molar-refractivity contribution >= 4 is 5.78 Å². The molecule has 1 unspecified atom stereocenters. The molecule has 0 fully saturated rings. The van der Waals surface area contributed by atoms with Crippen molar-refractivity contribution in [3.8, 4) is 0 Å². The van der Waals surface area contributed by atoms with Crippen LogP contribution in [0.5, 0.6) is 0 Å². The monoisotopic (exact) mass is 157 g/mol. The number of ketones is 1. The van der Waals surface area contributed by atoms with Gasteiger partial charge in [-0.05, 0) is 26.7 Å². The number of carbonyl (C=O) groups is 1. The maximum absolute atomic E-state index is 10.7. The van der Waals surface area contributed by atoms with Gasteiger partial charge in [-0.1, -0.05) is 12.1 Å². The second-order valence-corrected chi connectivity index (χ2v) is 3.55. The van der Waals surface area contributed by atoms with E-state index in [1.165, 1.54) is 6.92 Å². The van der Waals surface area contributed by atoms with Gasteiger partial charge in [0.05, 0.1) is 5.54 Å². The Hall–Kier alpha value is -0.730. The van der Waals surface area contributed by atoms with Gasteiger partial charge >= 0.3 is 0 Å². The summed E-state index contributed by atoms with van der Waals surface area (Å²) in [5.41, 5.74) is -0.619. The van der Waals surface area contributed by atoms with E-state index >= 15 is 0 Å². The van der Waals surface area contributed by atoms with Gasteiger partial charge in [-0.2, -0.15) is 4.91 Å². The molecular formula is C8H15NO2. The molecule has 0 radical (unpaired) electrons. The number of hydrogen-bond acceptors (Lipinski definition) is 3. The molecule has 3 nitrogen and oxygen atoms in total. The Morgan fingerprint density at radius 2 is 2.00 bits per heavy atom. The van der Waals surface area contributed by atoms with Crippen LogP contribution in [0, 0.1) is 10.8 Å². The second-order valence-electron chi connectivity index (χ2n) is 3.55. The minimum atomic E-state index is -0.619. The number of carbonyl (C=O) groups excluding carboxylic acids is 1. The first-order chi connectivity index (χ1) is 4.90. The zero-order chi connectivity index (χ0) is 9.07. The summed E-state index contributed by atoms with van der Waals surface area (Å²) in [5.74, 6) is 0.131. The van der Waals surface area contributed by atoms with E-state index in [2.05, 4.69) is 5.18 Å². The Labute approximate surface area is 67.2 Å². The molecule has 0 aliphatic carbocycles. The van der Waals surface area contributed by atoms with E-state index in [1.54, 1.807) is 13.8 Å². The first-order valence-electron chi connectivity index (χ1n) is 3.74. The Morgan fingerprint density at radius 1 is 1.55 bits per heavy atom. The van der Waals surface area contributed by atoms with Gasteiger partial charge in [-0.25, -0.2) is 0 Å². The highest BCUT2D eigenvalue weighted by molar-refractivity contribution is 5.75. The van der Waals surface area contributed by atoms with Crippen molar-refractivity contribution in [2.24, 2.45) is 11.1 Å². The summed E-state index contributed by atoms with van der Waals surface area (Å²) in [5, 5.41) is 2.97. The SMILES string of the molecule is CC(=O)CC(C)C(C)(C)N=O. The minimum absolute atomic E-state index is 0.0255. The molecule has 0 aliphatic heterocycles. The highest BCUT2D eigenvalue weighted by atomic mass is 16.3. The van der Waals surface area contributed by atoms with Crippen molar-refractivity contribution in [2.75, 3.05) is 0 Å². The molecule has 0 aromatic carbocycles. The molecule has 0 spiro atoms. The molecule has 0 rings (SSSR count). The molecule has 0 heterocycles. The van der Waals surface area contributed by atoms with Crippen molar-refractivity contribution in [1.29, 1.82) is 0 Å². The number of nitrogens with zero attached hydrogens (tertiary/aromatic N) is 1. The van der Waals surface area contributed by atoms with Gasteiger partial charge < -0.3 is 4.79 Å². The zero-order valence-electron chi connectivity index (χ0n) is 7.55. The molecule has 0 aliphatic rings. The van der Waals surface area contributed by atoms with E-state index in [4.69, 9.17) is 0 Å². The largest absolute Gasteiger partial charge is 0.300 e. The lowest BCUT2D eigenvalue weighted by molar-refractivity contribution is -0.118. The summed E-state index contributed by atoms with van der Waals surface area (Å²) in [4.78, 5) is 21.0. The normalized spacial score (nSPS) is 14.2. The Kier molecular flexibility index (Phi) is 3.36. The second kappa shape index (κ2) is 3.60. The Balaban J connectivity index is 4.11. The molecule has 64 valence electrons. The van der Waals surface area contributed by atoms with Crippen LogP contribution >= 0.6 is 0 Å². The first kappa shape index (κ1) is 10.3. The average molecular weight is 157 g/mol. The van der Waals surface area contributed by atoms with Gasteiger partial charge in [0.2, 0.25) is 0 Å². The van der Waals surface area contributed by atoms with Gasteiger partial charge in [-0.15, -0.1) is 0 Å². The van der Waals surface area contributed by atoms with Crippen molar-refractivity contribution in [3.63, 3.8) is 0 Å². The predicted octanol–water partition coefficient (Wildman–Crippen LogP) is 2.15. The summed E-state index contributed by atoms with van der Waals surface area (Å²) in [7, 11) is 0. The van der Waals surface area contributed by atoms with Gasteiger partial charge in [0.15, 0.2) is 0 Å². The van der Waals surface area contributed by atoms with E-state index < -0.39 is 5.54 Å². The molecule has 3 heteroatoms. The minimum Gasteiger partial charge on any atom is -0.300 e. The van der Waals surface area contributed by atoms with Gasteiger partial charge in [0, 0.05) is 6.42 Å². The summed E-state index contributed by atoms with van der Waals surface area (Å²) in [6.45, 7) is 6.88. The van der Waals surface area contributed by atoms with Crippen LogP contribution in [0.3, 0.4) is 0 Å². The van der Waals surface area contributed by atoms with Crippen molar-refractivity contribution in [2.45, 2.75) is 39.7 Å². The van der Waals surface area contributed by atoms with Crippen molar-refractivity contribution in [1.82, 2.24) is 0 Å². The van der Waals surface area contributed by atoms with Gasteiger partial charge in [-0.3, -0.25) is 0 Å². The lowest BCUT2D eigenvalue weighted by Crippen LogP contribution is -2.27. The molecule has 0 aromatic heterocycles. The number of nitroso groups, excluding NO2 is 1. The molecule has 1 atom stereocenters. The molecule has 0 bridgehead atoms. The fourth-order valence-electron chi connectivity index (χ4n) is 0.771. The van der Waals surface area contributed by atoms with Gasteiger partial charge in [0.25, 0.3) is 0 Å². The topological polar surface area (TPSA) is 46.5 Å². The number of Topliss-reactive ketones (excluding diaryl/α,β-unsaturated/α-hetero) is 1. The van der Waals surface area contributed by atoms with Crippen molar-refractivity contribution in [3.05, 3.63) is 4.91 Å². The van der Waals surface area contributed by atoms with Crippen molar-refractivity contribution < 1.29 is 4.79 Å². The third-order valence-electron chi connectivity index (χ3n) is 2.03. The zero-order valence-corrected chi connectivity index (χ0v) is 7.55. The summed E-state index contributed by atoms with van der Waals surface area (Å²) in [6, 6.07) is 0. The summed E-state index contributed by atoms with van der Waals surface area (Å²) in [6.07, 6.45) is 0.429. The maximum Gasteiger partial charge on any atom is 0.130 e. The lowest BCUT2D eigenvalue weighted by Gasteiger charge is -2.22. The van der Waals surface area contributed by atoms with E-state index in [9.17, 15) is 9.70 Å². The van der Waals surface area contributed by atoms with Crippen LogP contribution in [0.2, 0.25) is 0 Å². The van der Waals surface area contributed by atoms with Crippen LogP contribution in [0.25, 0.3) is 0 Å². The van der Waals surface area contributed by atoms with E-state index in [1.807, 2.05) is 6.92 Å². The third-order valence-corrected chi connectivity index (χ3v) is 2.03. The van der Waals surface area contributed by atoms with Crippen LogP contribution in [-0.4, -0.2) is 11.3 Å². The van der Waals surface area contributed by atoms with Crippen LogP contribution in [0.15, 0.2) is 5.18 Å². The standard InChI is InChI=1S/C8H15NO2/c1-6(5-7(2)10)8(3,4)9-11/h6H,5H2,1-4H3. The van der Waals surface area contributed by atoms with Crippen LogP contribution < -0.4 is 0 Å². The van der Waals surface area contributed by atoms with Crippen LogP contribution in [0.4, 0.5) is 0 Å². The smallest absolute Gasteiger partial charge is 0.130 e. The number of hydrogen-bond donors (Lipinski definition) is 0. The van der Waals surface area contributed by atoms with Crippen LogP contribution in [0.1, 0.15) is 34.1 Å². The number of rotatable bonds is 4. The highest BCUT2D eigenvalue weighted by Crippen LogP contribution is 2.23. The molecular weight excluding hydrogens is 142 g/mol. The van der Waals surface area contributed by atoms with Crippen LogP contribution in [-0.2, 0) is 4.79 Å². The third kappa shape index (κ3) is 3.25. The maximum atomic E-state index is 10.7. The quantitative estimate of drug-likeness (QED) is 0.587. The summed E-state index contributed by atoms with van der Waals surface area (Å²) < 4.78 is 0. The first-order valence-corrected chi connectivity index (χ1v) is 3.74. The van der Waals surface area contributed by atoms with Gasteiger partial charge in [0.1, 0.15) is 5.78 Å². The predicted molar refractivity (Wildman–Crippen MR) is 44.3 cm³/mol. The fourth-order valence-corrected chi connectivity index (χ4v) is 0.771. The highest BCUT2D eigenvalue weighted by Gasteiger charge is 2.27. The fraction of sp³-hybridized carbons (Fsp3) is 0.875. The Bertz CT molecular complexity index is 163. The molecule has 11 heavy (non-hydrogen) atoms. The van der Waals surface area contributed by atoms with E-state index in [0.29, 0.717) is 6.42 Å². The average Bonchev–Trinajstić information content (AvgIpc) is 1.86. The van der Waals surface area contributed by atoms with E-state index in [-0.39, 0.29) is 11.7 Å². The van der Waals surface area contributed by atoms with E-state index in [0.717, 1.165) is 0 Å². The molecule has 0 saturated heterocycles. The molecule has 0 aromatic rings.